The summed E-state index contributed by atoms with van der Waals surface area (Å²) in [7, 11) is 0. The Hall–Kier alpha value is -3.49. The number of ether oxygens (including phenoxy) is 1. The monoisotopic (exact) mass is 345 g/mol. The van der Waals surface area contributed by atoms with Crippen LogP contribution in [0.5, 0.6) is 5.75 Å². The minimum absolute atomic E-state index is 0.0559. The number of hydrogen-bond donors (Lipinski definition) is 1. The van der Waals surface area contributed by atoms with Gasteiger partial charge in [-0.05, 0) is 24.6 Å². The molecule has 1 amide bonds. The lowest BCUT2D eigenvalue weighted by Crippen LogP contribution is -2.15. The van der Waals surface area contributed by atoms with E-state index < -0.39 is 15.8 Å². The van der Waals surface area contributed by atoms with E-state index in [0.29, 0.717) is 17.9 Å². The highest BCUT2D eigenvalue weighted by atomic mass is 16.6. The molecule has 0 heterocycles. The van der Waals surface area contributed by atoms with E-state index in [1.165, 1.54) is 42.5 Å². The number of carbonyl (C=O) groups excluding carboxylic acids is 1. The SMILES string of the molecule is CCOc1ccc(NC(=O)Cc2ccc([N+](=O)[O-])cc2)c([N+](=O)[O-])c1. The number of nitro groups is 2. The number of non-ortho nitro benzene ring substituents is 1. The maximum absolute atomic E-state index is 12.1. The second-order valence-electron chi connectivity index (χ2n) is 5.02. The molecule has 0 radical (unpaired) electrons. The van der Waals surface area contributed by atoms with Crippen molar-refractivity contribution in [3.05, 3.63) is 68.3 Å². The summed E-state index contributed by atoms with van der Waals surface area (Å²) in [4.78, 5) is 32.7. The standard InChI is InChI=1S/C16H15N3O6/c1-2-25-13-7-8-14(15(10-13)19(23)24)17-16(20)9-11-3-5-12(6-4-11)18(21)22/h3-8,10H,2,9H2,1H3,(H,17,20). The number of carbonyl (C=O) groups is 1. The van der Waals surface area contributed by atoms with Gasteiger partial charge in [-0.15, -0.1) is 0 Å². The first kappa shape index (κ1) is 17.9. The normalized spacial score (nSPS) is 10.1. The van der Waals surface area contributed by atoms with Crippen LogP contribution in [0.25, 0.3) is 0 Å². The predicted molar refractivity (Wildman–Crippen MR) is 89.7 cm³/mol. The highest BCUT2D eigenvalue weighted by Crippen LogP contribution is 2.29. The van der Waals surface area contributed by atoms with Crippen molar-refractivity contribution in [1.82, 2.24) is 0 Å². The Bertz CT molecular complexity index is 804. The fourth-order valence-corrected chi connectivity index (χ4v) is 2.14. The van der Waals surface area contributed by atoms with E-state index in [1.54, 1.807) is 6.92 Å². The number of nitro benzene ring substituents is 2. The summed E-state index contributed by atoms with van der Waals surface area (Å²) in [6.07, 6.45) is -0.0671. The molecular formula is C16H15N3O6. The summed E-state index contributed by atoms with van der Waals surface area (Å²) < 4.78 is 5.21. The van der Waals surface area contributed by atoms with Crippen molar-refractivity contribution in [3.63, 3.8) is 0 Å². The molecule has 0 spiro atoms. The summed E-state index contributed by atoms with van der Waals surface area (Å²) in [5, 5.41) is 24.2. The third-order valence-corrected chi connectivity index (χ3v) is 3.26. The highest BCUT2D eigenvalue weighted by Gasteiger charge is 2.17. The average molecular weight is 345 g/mol. The zero-order valence-corrected chi connectivity index (χ0v) is 13.3. The highest BCUT2D eigenvalue weighted by molar-refractivity contribution is 5.94. The number of anilines is 1. The summed E-state index contributed by atoms with van der Waals surface area (Å²) in [5.74, 6) is -0.135. The molecule has 0 bridgehead atoms. The van der Waals surface area contributed by atoms with Crippen molar-refractivity contribution in [3.8, 4) is 5.75 Å². The fraction of sp³-hybridized carbons (Fsp3) is 0.188. The number of rotatable bonds is 7. The molecule has 0 saturated heterocycles. The second kappa shape index (κ2) is 7.86. The molecular weight excluding hydrogens is 330 g/mol. The first-order valence-corrected chi connectivity index (χ1v) is 7.35. The topological polar surface area (TPSA) is 125 Å². The fourth-order valence-electron chi connectivity index (χ4n) is 2.14. The Morgan fingerprint density at radius 3 is 2.32 bits per heavy atom. The van der Waals surface area contributed by atoms with Gasteiger partial charge >= 0.3 is 0 Å². The van der Waals surface area contributed by atoms with E-state index in [4.69, 9.17) is 4.74 Å². The van der Waals surface area contributed by atoms with Crippen LogP contribution in [-0.4, -0.2) is 22.4 Å². The van der Waals surface area contributed by atoms with Gasteiger partial charge in [0.15, 0.2) is 0 Å². The van der Waals surface area contributed by atoms with Crippen LogP contribution in [0.1, 0.15) is 12.5 Å². The van der Waals surface area contributed by atoms with Crippen LogP contribution < -0.4 is 10.1 Å². The van der Waals surface area contributed by atoms with Gasteiger partial charge in [-0.1, -0.05) is 12.1 Å². The van der Waals surface area contributed by atoms with Gasteiger partial charge in [-0.2, -0.15) is 0 Å². The van der Waals surface area contributed by atoms with Gasteiger partial charge in [0.2, 0.25) is 5.91 Å². The Morgan fingerprint density at radius 2 is 1.76 bits per heavy atom. The number of nitrogens with one attached hydrogen (secondary N) is 1. The zero-order valence-electron chi connectivity index (χ0n) is 13.3. The molecule has 0 aliphatic rings. The molecule has 25 heavy (non-hydrogen) atoms. The Balaban J connectivity index is 2.11. The molecule has 1 N–H and O–H groups in total. The minimum atomic E-state index is -0.607. The molecule has 130 valence electrons. The first-order chi connectivity index (χ1) is 11.9. The van der Waals surface area contributed by atoms with Gasteiger partial charge in [-0.25, -0.2) is 0 Å². The van der Waals surface area contributed by atoms with Gasteiger partial charge < -0.3 is 10.1 Å². The molecule has 0 aliphatic carbocycles. The van der Waals surface area contributed by atoms with E-state index in [1.807, 2.05) is 0 Å². The predicted octanol–water partition coefficient (Wildman–Crippen LogP) is 3.08. The molecule has 9 heteroatoms. The molecule has 9 nitrogen and oxygen atoms in total. The van der Waals surface area contributed by atoms with Gasteiger partial charge in [0, 0.05) is 12.1 Å². The zero-order chi connectivity index (χ0) is 18.4. The number of amides is 1. The lowest BCUT2D eigenvalue weighted by molar-refractivity contribution is -0.384. The first-order valence-electron chi connectivity index (χ1n) is 7.35. The minimum Gasteiger partial charge on any atom is -0.494 e. The van der Waals surface area contributed by atoms with Crippen molar-refractivity contribution in [2.45, 2.75) is 13.3 Å². The van der Waals surface area contributed by atoms with E-state index in [-0.39, 0.29) is 23.5 Å². The molecule has 2 aromatic carbocycles. The van der Waals surface area contributed by atoms with Gasteiger partial charge in [-0.3, -0.25) is 25.0 Å². The Labute approximate surface area is 142 Å². The maximum Gasteiger partial charge on any atom is 0.296 e. The number of nitrogens with zero attached hydrogens (tertiary/aromatic N) is 2. The Kier molecular flexibility index (Phi) is 5.62. The molecule has 0 aromatic heterocycles. The smallest absolute Gasteiger partial charge is 0.296 e. The van der Waals surface area contributed by atoms with Crippen LogP contribution in [0.2, 0.25) is 0 Å². The van der Waals surface area contributed by atoms with E-state index >= 15 is 0 Å². The summed E-state index contributed by atoms with van der Waals surface area (Å²) >= 11 is 0. The van der Waals surface area contributed by atoms with Crippen molar-refractivity contribution in [2.75, 3.05) is 11.9 Å². The second-order valence-corrected chi connectivity index (χ2v) is 5.02. The largest absolute Gasteiger partial charge is 0.494 e. The lowest BCUT2D eigenvalue weighted by atomic mass is 10.1. The van der Waals surface area contributed by atoms with Crippen LogP contribution in [0.4, 0.5) is 17.1 Å². The van der Waals surface area contributed by atoms with Crippen LogP contribution in [0, 0.1) is 20.2 Å². The van der Waals surface area contributed by atoms with Crippen molar-refractivity contribution < 1.29 is 19.4 Å². The van der Waals surface area contributed by atoms with Gasteiger partial charge in [0.1, 0.15) is 11.4 Å². The number of benzene rings is 2. The van der Waals surface area contributed by atoms with E-state index in [0.717, 1.165) is 0 Å². The molecule has 2 aromatic rings. The summed E-state index contributed by atoms with van der Waals surface area (Å²) in [6, 6.07) is 9.68. The van der Waals surface area contributed by atoms with Crippen LogP contribution in [0.15, 0.2) is 42.5 Å². The average Bonchev–Trinajstić information content (AvgIpc) is 2.56. The molecule has 0 aliphatic heterocycles. The lowest BCUT2D eigenvalue weighted by Gasteiger charge is -2.08. The molecule has 0 fully saturated rings. The summed E-state index contributed by atoms with van der Waals surface area (Å²) in [5.41, 5.74) is 0.256. The van der Waals surface area contributed by atoms with Crippen LogP contribution in [0.3, 0.4) is 0 Å². The van der Waals surface area contributed by atoms with E-state index in [9.17, 15) is 25.0 Å². The summed E-state index contributed by atoms with van der Waals surface area (Å²) in [6.45, 7) is 2.12. The van der Waals surface area contributed by atoms with Crippen LogP contribution in [-0.2, 0) is 11.2 Å². The molecule has 0 atom stereocenters. The van der Waals surface area contributed by atoms with Crippen molar-refractivity contribution >= 4 is 23.0 Å². The molecule has 2 rings (SSSR count). The van der Waals surface area contributed by atoms with Crippen LogP contribution >= 0.6 is 0 Å². The quantitative estimate of drug-likeness (QED) is 0.607. The number of hydrogen-bond acceptors (Lipinski definition) is 6. The maximum atomic E-state index is 12.1. The van der Waals surface area contributed by atoms with Gasteiger partial charge in [0.05, 0.1) is 28.9 Å². The molecule has 0 unspecified atom stereocenters. The van der Waals surface area contributed by atoms with Gasteiger partial charge in [0.25, 0.3) is 11.4 Å². The third kappa shape index (κ3) is 4.74. The Morgan fingerprint density at radius 1 is 1.08 bits per heavy atom. The van der Waals surface area contributed by atoms with Crippen molar-refractivity contribution in [1.29, 1.82) is 0 Å². The van der Waals surface area contributed by atoms with E-state index in [2.05, 4.69) is 5.32 Å². The molecule has 0 saturated carbocycles. The van der Waals surface area contributed by atoms with Crippen molar-refractivity contribution in [2.24, 2.45) is 0 Å². The third-order valence-electron chi connectivity index (χ3n) is 3.26.